The third kappa shape index (κ3) is 5.57. The van der Waals surface area contributed by atoms with Crippen molar-refractivity contribution in [3.63, 3.8) is 0 Å². The average Bonchev–Trinajstić information content (AvgIpc) is 3.52. The van der Waals surface area contributed by atoms with Crippen molar-refractivity contribution < 1.29 is 27.8 Å². The molecule has 0 aliphatic carbocycles. The number of primary amides is 1. The summed E-state index contributed by atoms with van der Waals surface area (Å²) in [5, 5.41) is 6.49. The molecular formula is C22H26F2N6O4. The van der Waals surface area contributed by atoms with Gasteiger partial charge in [-0.25, -0.2) is 14.7 Å². The second-order valence-corrected chi connectivity index (χ2v) is 8.12. The summed E-state index contributed by atoms with van der Waals surface area (Å²) in [6.07, 6.45) is 3.74. The molecule has 0 radical (unpaired) electrons. The molecule has 4 rings (SSSR count). The Labute approximate surface area is 194 Å². The molecule has 2 aromatic heterocycles. The number of nitrogens with two attached hydrogens (primary N) is 1. The van der Waals surface area contributed by atoms with Gasteiger partial charge in [0.1, 0.15) is 13.2 Å². The Morgan fingerprint density at radius 1 is 0.941 bits per heavy atom. The van der Waals surface area contributed by atoms with Crippen molar-refractivity contribution in [1.29, 1.82) is 0 Å². The van der Waals surface area contributed by atoms with Crippen LogP contribution >= 0.6 is 0 Å². The number of hydrogen-bond donors (Lipinski definition) is 3. The highest BCUT2D eigenvalue weighted by Crippen LogP contribution is 2.30. The minimum Gasteiger partial charge on any atom is -0.489 e. The lowest BCUT2D eigenvalue weighted by atomic mass is 10.2. The zero-order chi connectivity index (χ0) is 24.1. The highest BCUT2D eigenvalue weighted by Gasteiger charge is 2.32. The predicted molar refractivity (Wildman–Crippen MR) is 118 cm³/mol. The number of pyridine rings is 2. The molecule has 0 saturated carbocycles. The van der Waals surface area contributed by atoms with Crippen LogP contribution in [0.15, 0.2) is 24.3 Å². The van der Waals surface area contributed by atoms with Gasteiger partial charge in [-0.15, -0.1) is 0 Å². The maximum atomic E-state index is 14.0. The Morgan fingerprint density at radius 2 is 1.50 bits per heavy atom. The van der Waals surface area contributed by atoms with Crippen LogP contribution in [0.25, 0.3) is 0 Å². The lowest BCUT2D eigenvalue weighted by Gasteiger charge is -2.22. The molecule has 2 fully saturated rings. The normalized spacial score (nSPS) is 19.7. The number of imide groups is 1. The van der Waals surface area contributed by atoms with E-state index in [1.54, 1.807) is 0 Å². The summed E-state index contributed by atoms with van der Waals surface area (Å²) in [5.74, 6) is -3.57. The van der Waals surface area contributed by atoms with Crippen LogP contribution in [0.3, 0.4) is 0 Å². The van der Waals surface area contributed by atoms with Gasteiger partial charge in [0.05, 0.1) is 0 Å². The van der Waals surface area contributed by atoms with E-state index in [0.717, 1.165) is 50.9 Å². The van der Waals surface area contributed by atoms with E-state index in [-0.39, 0.29) is 36.8 Å². The highest BCUT2D eigenvalue weighted by atomic mass is 19.1. The summed E-state index contributed by atoms with van der Waals surface area (Å²) in [4.78, 5) is 33.4. The van der Waals surface area contributed by atoms with Gasteiger partial charge in [0.25, 0.3) is 5.91 Å². The van der Waals surface area contributed by atoms with E-state index in [1.807, 2.05) is 0 Å². The van der Waals surface area contributed by atoms with Crippen LogP contribution < -0.4 is 30.7 Å². The Hall–Kier alpha value is -3.38. The van der Waals surface area contributed by atoms with Crippen LogP contribution in [-0.2, 0) is 0 Å². The summed E-state index contributed by atoms with van der Waals surface area (Å²) in [6, 6.07) is 3.42. The van der Waals surface area contributed by atoms with Crippen molar-refractivity contribution >= 4 is 17.8 Å². The standard InChI is InChI=1S/C22H26F2N6O4/c23-17-7-5-15(33-11-13-3-1-9-26-13)19(28-17)21(31)30(22(25)32)20-16(6-8-18(24)29-20)34-12-14-4-2-10-27-14/h5-8,13-14,26-27H,1-4,9-12H2,(H2,25,32)/t13-,14+/m1/s1. The number of rotatable bonds is 8. The number of carbonyl (C=O) groups is 2. The molecule has 2 saturated heterocycles. The number of urea groups is 1. The fraction of sp³-hybridized carbons (Fsp3) is 0.455. The molecule has 2 aromatic rings. The zero-order valence-electron chi connectivity index (χ0n) is 18.4. The van der Waals surface area contributed by atoms with Gasteiger partial charge in [-0.2, -0.15) is 13.8 Å². The minimum absolute atomic E-state index is 0.0312. The van der Waals surface area contributed by atoms with E-state index in [0.29, 0.717) is 4.90 Å². The second kappa shape index (κ2) is 10.7. The van der Waals surface area contributed by atoms with Crippen LogP contribution in [0.2, 0.25) is 0 Å². The Morgan fingerprint density at radius 3 is 2.06 bits per heavy atom. The number of carbonyl (C=O) groups excluding carboxylic acids is 2. The predicted octanol–water partition coefficient (Wildman–Crippen LogP) is 1.74. The van der Waals surface area contributed by atoms with Crippen molar-refractivity contribution in [3.8, 4) is 11.5 Å². The number of hydrogen-bond acceptors (Lipinski definition) is 8. The first-order valence-electron chi connectivity index (χ1n) is 11.1. The van der Waals surface area contributed by atoms with Crippen LogP contribution in [0.1, 0.15) is 36.2 Å². The first kappa shape index (κ1) is 23.8. The monoisotopic (exact) mass is 476 g/mol. The Kier molecular flexibility index (Phi) is 7.48. The van der Waals surface area contributed by atoms with Gasteiger partial charge < -0.3 is 25.8 Å². The summed E-state index contributed by atoms with van der Waals surface area (Å²) in [6.45, 7) is 2.12. The van der Waals surface area contributed by atoms with Crippen molar-refractivity contribution in [3.05, 3.63) is 41.9 Å². The van der Waals surface area contributed by atoms with E-state index >= 15 is 0 Å². The van der Waals surface area contributed by atoms with Gasteiger partial charge in [0, 0.05) is 12.1 Å². The van der Waals surface area contributed by atoms with E-state index < -0.39 is 35.3 Å². The molecule has 12 heteroatoms. The zero-order valence-corrected chi connectivity index (χ0v) is 18.4. The number of halogens is 2. The largest absolute Gasteiger partial charge is 0.489 e. The summed E-state index contributed by atoms with van der Waals surface area (Å²) in [5.41, 5.74) is 4.98. The molecular weight excluding hydrogens is 450 g/mol. The van der Waals surface area contributed by atoms with Crippen LogP contribution in [-0.4, -0.2) is 60.3 Å². The van der Waals surface area contributed by atoms with Gasteiger partial charge in [-0.1, -0.05) is 0 Å². The quantitative estimate of drug-likeness (QED) is 0.491. The van der Waals surface area contributed by atoms with Crippen molar-refractivity contribution in [2.24, 2.45) is 5.73 Å². The highest BCUT2D eigenvalue weighted by molar-refractivity contribution is 6.20. The molecule has 2 aliphatic heterocycles. The van der Waals surface area contributed by atoms with Crippen LogP contribution in [0.5, 0.6) is 11.5 Å². The molecule has 182 valence electrons. The summed E-state index contributed by atoms with van der Waals surface area (Å²) in [7, 11) is 0. The Balaban J connectivity index is 1.62. The van der Waals surface area contributed by atoms with Crippen molar-refractivity contribution in [1.82, 2.24) is 20.6 Å². The number of ether oxygens (including phenoxy) is 2. The first-order chi connectivity index (χ1) is 16.4. The van der Waals surface area contributed by atoms with Gasteiger partial charge in [0.15, 0.2) is 23.0 Å². The van der Waals surface area contributed by atoms with Crippen molar-refractivity contribution in [2.75, 3.05) is 31.2 Å². The van der Waals surface area contributed by atoms with E-state index in [2.05, 4.69) is 20.6 Å². The van der Waals surface area contributed by atoms with Gasteiger partial charge >= 0.3 is 6.03 Å². The molecule has 10 nitrogen and oxygen atoms in total. The molecule has 4 N–H and O–H groups in total. The smallest absolute Gasteiger partial charge is 0.327 e. The molecule has 4 heterocycles. The number of nitrogens with zero attached hydrogens (tertiary/aromatic N) is 3. The third-order valence-corrected chi connectivity index (χ3v) is 5.67. The van der Waals surface area contributed by atoms with Gasteiger partial charge in [-0.3, -0.25) is 4.79 Å². The molecule has 0 unspecified atom stereocenters. The number of aromatic nitrogens is 2. The molecule has 0 bridgehead atoms. The van der Waals surface area contributed by atoms with Gasteiger partial charge in [-0.05, 0) is 63.0 Å². The van der Waals surface area contributed by atoms with Crippen molar-refractivity contribution in [2.45, 2.75) is 37.8 Å². The Bertz CT molecular complexity index is 1040. The lowest BCUT2D eigenvalue weighted by Crippen LogP contribution is -2.42. The lowest BCUT2D eigenvalue weighted by molar-refractivity contribution is 0.0982. The number of nitrogens with one attached hydrogen (secondary N) is 2. The van der Waals surface area contributed by atoms with Gasteiger partial charge in [0.2, 0.25) is 11.9 Å². The average molecular weight is 476 g/mol. The van der Waals surface area contributed by atoms with E-state index in [4.69, 9.17) is 15.2 Å². The fourth-order valence-corrected chi connectivity index (χ4v) is 3.96. The van der Waals surface area contributed by atoms with Crippen LogP contribution in [0, 0.1) is 11.9 Å². The maximum Gasteiger partial charge on any atom is 0.327 e. The molecule has 34 heavy (non-hydrogen) atoms. The van der Waals surface area contributed by atoms with Crippen LogP contribution in [0.4, 0.5) is 19.4 Å². The number of amides is 3. The summed E-state index contributed by atoms with van der Waals surface area (Å²) < 4.78 is 39.5. The number of anilines is 1. The summed E-state index contributed by atoms with van der Waals surface area (Å²) >= 11 is 0. The SMILES string of the molecule is NC(=O)N(C(=O)c1nc(F)ccc1OC[C@H]1CCCN1)c1nc(F)ccc1OC[C@@H]1CCCN1. The fourth-order valence-electron chi connectivity index (χ4n) is 3.96. The molecule has 0 spiro atoms. The topological polar surface area (TPSA) is 132 Å². The van der Waals surface area contributed by atoms with E-state index in [1.165, 1.54) is 12.1 Å². The molecule has 0 aromatic carbocycles. The van der Waals surface area contributed by atoms with E-state index in [9.17, 15) is 18.4 Å². The maximum absolute atomic E-state index is 14.0. The minimum atomic E-state index is -1.26. The molecule has 2 aliphatic rings. The molecule has 3 amide bonds. The second-order valence-electron chi connectivity index (χ2n) is 8.12. The molecule has 2 atom stereocenters. The first-order valence-corrected chi connectivity index (χ1v) is 11.1. The third-order valence-electron chi connectivity index (χ3n) is 5.67.